The van der Waals surface area contributed by atoms with Crippen LogP contribution >= 0.6 is 0 Å². The van der Waals surface area contributed by atoms with E-state index in [0.717, 1.165) is 5.92 Å². The van der Waals surface area contributed by atoms with Crippen molar-refractivity contribution in [3.8, 4) is 0 Å². The topological polar surface area (TPSA) is 26.3 Å². The van der Waals surface area contributed by atoms with Gasteiger partial charge in [-0.2, -0.15) is 0 Å². The molecule has 78 valence electrons. The van der Waals surface area contributed by atoms with Crippen molar-refractivity contribution in [2.45, 2.75) is 46.5 Å². The van der Waals surface area contributed by atoms with E-state index in [1.807, 2.05) is 0 Å². The maximum atomic E-state index is 8.95. The second kappa shape index (κ2) is 6.01. The lowest BCUT2D eigenvalue weighted by atomic mass is 9.70. The number of carbonyl (C=O) groups excluding carboxylic acids is 1. The Morgan fingerprint density at radius 2 is 1.92 bits per heavy atom. The Morgan fingerprint density at radius 3 is 2.15 bits per heavy atom. The largest absolute Gasteiger partial charge is 0.471 e. The summed E-state index contributed by atoms with van der Waals surface area (Å²) in [6.45, 7) is 7.56. The van der Waals surface area contributed by atoms with E-state index in [-0.39, 0.29) is 0 Å². The van der Waals surface area contributed by atoms with Gasteiger partial charge in [0.2, 0.25) is 0 Å². The van der Waals surface area contributed by atoms with Crippen LogP contribution < -0.4 is 0 Å². The second-order valence-corrected chi connectivity index (χ2v) is 4.47. The molecule has 0 saturated heterocycles. The molecule has 1 unspecified atom stereocenters. The summed E-state index contributed by atoms with van der Waals surface area (Å²) >= 11 is 0. The van der Waals surface area contributed by atoms with Crippen LogP contribution in [0.3, 0.4) is 0 Å². The molecule has 1 fully saturated rings. The van der Waals surface area contributed by atoms with Crippen molar-refractivity contribution in [3.63, 3.8) is 0 Å². The molecule has 2 nitrogen and oxygen atoms in total. The molecule has 0 aromatic rings. The monoisotopic (exact) mass is 186 g/mol. The molecule has 1 aliphatic carbocycles. The van der Waals surface area contributed by atoms with Crippen molar-refractivity contribution in [2.24, 2.45) is 11.3 Å². The number of carbonyl (C=O) groups is 1. The molecule has 0 N–H and O–H groups in total. The first kappa shape index (κ1) is 12.5. The van der Waals surface area contributed by atoms with Gasteiger partial charge in [-0.15, -0.1) is 0 Å². The molecule has 2 heteroatoms. The summed E-state index contributed by atoms with van der Waals surface area (Å²) in [5.41, 5.74) is 0.637. The minimum Gasteiger partial charge on any atom is -0.471 e. The number of hydrogen-bond acceptors (Lipinski definition) is 2. The van der Waals surface area contributed by atoms with Gasteiger partial charge >= 0.3 is 0 Å². The smallest absolute Gasteiger partial charge is 0.292 e. The molecule has 0 spiro atoms. The molecule has 1 aliphatic rings. The van der Waals surface area contributed by atoms with Gasteiger partial charge in [-0.3, -0.25) is 4.79 Å². The van der Waals surface area contributed by atoms with E-state index < -0.39 is 0 Å². The zero-order chi connectivity index (χ0) is 10.3. The van der Waals surface area contributed by atoms with Crippen LogP contribution in [0.5, 0.6) is 0 Å². The van der Waals surface area contributed by atoms with Gasteiger partial charge in [-0.05, 0) is 17.8 Å². The van der Waals surface area contributed by atoms with Gasteiger partial charge in [-0.1, -0.05) is 40.0 Å². The van der Waals surface area contributed by atoms with Crippen LogP contribution in [-0.4, -0.2) is 13.6 Å². The SMILES string of the molecule is CC1CCCCC1(C)C.COC=O. The van der Waals surface area contributed by atoms with Gasteiger partial charge in [0.25, 0.3) is 6.47 Å². The molecule has 0 aromatic carbocycles. The van der Waals surface area contributed by atoms with Gasteiger partial charge in [0, 0.05) is 0 Å². The summed E-state index contributed by atoms with van der Waals surface area (Å²) in [7, 11) is 1.31. The molecule has 0 aromatic heterocycles. The van der Waals surface area contributed by atoms with Crippen molar-refractivity contribution < 1.29 is 9.53 Å². The predicted octanol–water partition coefficient (Wildman–Crippen LogP) is 3.01. The Morgan fingerprint density at radius 1 is 1.38 bits per heavy atom. The summed E-state index contributed by atoms with van der Waals surface area (Å²) in [5, 5.41) is 0. The minimum atomic E-state index is 0.375. The second-order valence-electron chi connectivity index (χ2n) is 4.47. The Kier molecular flexibility index (Phi) is 5.76. The van der Waals surface area contributed by atoms with Crippen LogP contribution in [0.15, 0.2) is 0 Å². The lowest BCUT2D eigenvalue weighted by molar-refractivity contribution is -0.126. The highest BCUT2D eigenvalue weighted by molar-refractivity contribution is 5.36. The maximum Gasteiger partial charge on any atom is 0.292 e. The van der Waals surface area contributed by atoms with E-state index in [9.17, 15) is 0 Å². The first-order valence-corrected chi connectivity index (χ1v) is 5.01. The summed E-state index contributed by atoms with van der Waals surface area (Å²) in [6, 6.07) is 0. The Bertz CT molecular complexity index is 141. The van der Waals surface area contributed by atoms with Crippen molar-refractivity contribution in [1.29, 1.82) is 0 Å². The number of rotatable bonds is 1. The highest BCUT2D eigenvalue weighted by Crippen LogP contribution is 2.39. The van der Waals surface area contributed by atoms with E-state index in [1.165, 1.54) is 32.8 Å². The summed E-state index contributed by atoms with van der Waals surface area (Å²) in [5.74, 6) is 0.950. The van der Waals surface area contributed by atoms with Crippen molar-refractivity contribution in [2.75, 3.05) is 7.11 Å². The molecular weight excluding hydrogens is 164 g/mol. The van der Waals surface area contributed by atoms with Gasteiger partial charge in [-0.25, -0.2) is 0 Å². The molecular formula is C11H22O2. The zero-order valence-corrected chi connectivity index (χ0v) is 9.30. The molecule has 13 heavy (non-hydrogen) atoms. The Hall–Kier alpha value is -0.530. The van der Waals surface area contributed by atoms with Crippen molar-refractivity contribution in [3.05, 3.63) is 0 Å². The fourth-order valence-corrected chi connectivity index (χ4v) is 1.67. The van der Waals surface area contributed by atoms with Crippen molar-refractivity contribution in [1.82, 2.24) is 0 Å². The van der Waals surface area contributed by atoms with Crippen LogP contribution in [-0.2, 0) is 9.53 Å². The quantitative estimate of drug-likeness (QED) is 0.588. The van der Waals surface area contributed by atoms with Gasteiger partial charge < -0.3 is 4.74 Å². The van der Waals surface area contributed by atoms with Crippen LogP contribution in [0.25, 0.3) is 0 Å². The third-order valence-electron chi connectivity index (χ3n) is 3.14. The lowest BCUT2D eigenvalue weighted by Crippen LogP contribution is -2.24. The minimum absolute atomic E-state index is 0.375. The highest BCUT2D eigenvalue weighted by Gasteiger charge is 2.27. The molecule has 0 aliphatic heterocycles. The zero-order valence-electron chi connectivity index (χ0n) is 9.30. The number of methoxy groups -OCH3 is 1. The molecule has 1 atom stereocenters. The summed E-state index contributed by atoms with van der Waals surface area (Å²) in [4.78, 5) is 8.95. The predicted molar refractivity (Wildman–Crippen MR) is 54.5 cm³/mol. The van der Waals surface area contributed by atoms with Crippen LogP contribution in [0, 0.1) is 11.3 Å². The number of hydrogen-bond donors (Lipinski definition) is 0. The van der Waals surface area contributed by atoms with Crippen LogP contribution in [0.2, 0.25) is 0 Å². The lowest BCUT2D eigenvalue weighted by Gasteiger charge is -2.36. The van der Waals surface area contributed by atoms with E-state index in [1.54, 1.807) is 0 Å². The van der Waals surface area contributed by atoms with Crippen LogP contribution in [0.1, 0.15) is 46.5 Å². The standard InChI is InChI=1S/C9H18.C2H4O2/c1-8-6-4-5-7-9(8,2)3;1-4-2-3/h8H,4-7H2,1-3H3;2H,1H3. The van der Waals surface area contributed by atoms with Gasteiger partial charge in [0.1, 0.15) is 0 Å². The molecule has 0 amide bonds. The molecule has 1 saturated carbocycles. The van der Waals surface area contributed by atoms with E-state index in [2.05, 4.69) is 25.5 Å². The van der Waals surface area contributed by atoms with Gasteiger partial charge in [0.15, 0.2) is 0 Å². The number of ether oxygens (including phenoxy) is 1. The molecule has 1 rings (SSSR count). The highest BCUT2D eigenvalue weighted by atomic mass is 16.5. The molecule has 0 bridgehead atoms. The third kappa shape index (κ3) is 4.91. The van der Waals surface area contributed by atoms with Gasteiger partial charge in [0.05, 0.1) is 7.11 Å². The third-order valence-corrected chi connectivity index (χ3v) is 3.14. The van der Waals surface area contributed by atoms with E-state index in [4.69, 9.17) is 4.79 Å². The van der Waals surface area contributed by atoms with Crippen LogP contribution in [0.4, 0.5) is 0 Å². The average molecular weight is 186 g/mol. The molecule has 0 radical (unpaired) electrons. The fraction of sp³-hybridized carbons (Fsp3) is 0.909. The normalized spacial score (nSPS) is 25.4. The van der Waals surface area contributed by atoms with Crippen molar-refractivity contribution >= 4 is 6.47 Å². The van der Waals surface area contributed by atoms with E-state index in [0.29, 0.717) is 11.9 Å². The average Bonchev–Trinajstić information content (AvgIpc) is 2.11. The summed E-state index contributed by atoms with van der Waals surface area (Å²) in [6.07, 6.45) is 5.81. The molecule has 0 heterocycles. The van der Waals surface area contributed by atoms with E-state index >= 15 is 0 Å². The first-order valence-electron chi connectivity index (χ1n) is 5.01. The maximum absolute atomic E-state index is 8.95. The first-order chi connectivity index (χ1) is 6.04. The summed E-state index contributed by atoms with van der Waals surface area (Å²) < 4.78 is 3.86. The Labute approximate surface area is 81.7 Å². The Balaban J connectivity index is 0.000000310. The fourth-order valence-electron chi connectivity index (χ4n) is 1.67.